The lowest BCUT2D eigenvalue weighted by atomic mass is 10.1. The van der Waals surface area contributed by atoms with Crippen LogP contribution >= 0.6 is 0 Å². The molecule has 2 rings (SSSR count). The van der Waals surface area contributed by atoms with Gasteiger partial charge in [0.25, 0.3) is 11.8 Å². The maximum absolute atomic E-state index is 12.1. The lowest BCUT2D eigenvalue weighted by Gasteiger charge is -2.21. The first kappa shape index (κ1) is 18.0. The van der Waals surface area contributed by atoms with Gasteiger partial charge in [-0.15, -0.1) is 0 Å². The lowest BCUT2D eigenvalue weighted by molar-refractivity contribution is 0.0846. The zero-order valence-electron chi connectivity index (χ0n) is 14.2. The Balaban J connectivity index is 1.95. The van der Waals surface area contributed by atoms with Crippen LogP contribution in [0.25, 0.3) is 0 Å². The SMILES string of the molecule is CCN(CC)c1ccc(C(=O)NNC(=O)c2ccc(C#N)cc2)cc1. The summed E-state index contributed by atoms with van der Waals surface area (Å²) < 4.78 is 0. The van der Waals surface area contributed by atoms with Gasteiger partial charge in [-0.2, -0.15) is 5.26 Å². The van der Waals surface area contributed by atoms with E-state index in [1.54, 1.807) is 24.3 Å². The maximum Gasteiger partial charge on any atom is 0.269 e. The zero-order chi connectivity index (χ0) is 18.2. The molecule has 2 aromatic rings. The van der Waals surface area contributed by atoms with Crippen LogP contribution in [0.2, 0.25) is 0 Å². The largest absolute Gasteiger partial charge is 0.372 e. The van der Waals surface area contributed by atoms with E-state index in [0.717, 1.165) is 18.8 Å². The Kier molecular flexibility index (Phi) is 6.13. The summed E-state index contributed by atoms with van der Waals surface area (Å²) in [7, 11) is 0. The molecule has 0 radical (unpaired) electrons. The van der Waals surface area contributed by atoms with Gasteiger partial charge in [0, 0.05) is 29.9 Å². The van der Waals surface area contributed by atoms with Gasteiger partial charge < -0.3 is 4.90 Å². The van der Waals surface area contributed by atoms with Gasteiger partial charge in [0.15, 0.2) is 0 Å². The summed E-state index contributed by atoms with van der Waals surface area (Å²) in [5.41, 5.74) is 7.07. The topological polar surface area (TPSA) is 85.2 Å². The van der Waals surface area contributed by atoms with Crippen molar-refractivity contribution in [2.24, 2.45) is 0 Å². The Bertz CT molecular complexity index is 773. The molecule has 6 nitrogen and oxygen atoms in total. The van der Waals surface area contributed by atoms with Gasteiger partial charge in [0.05, 0.1) is 11.6 Å². The van der Waals surface area contributed by atoms with E-state index in [4.69, 9.17) is 5.26 Å². The fourth-order valence-electron chi connectivity index (χ4n) is 2.37. The highest BCUT2D eigenvalue weighted by molar-refractivity contribution is 5.99. The van der Waals surface area contributed by atoms with Crippen LogP contribution in [0, 0.1) is 11.3 Å². The second kappa shape index (κ2) is 8.50. The van der Waals surface area contributed by atoms with Crippen molar-refractivity contribution in [2.75, 3.05) is 18.0 Å². The molecule has 0 unspecified atom stereocenters. The monoisotopic (exact) mass is 336 g/mol. The van der Waals surface area contributed by atoms with Crippen LogP contribution in [0.5, 0.6) is 0 Å². The summed E-state index contributed by atoms with van der Waals surface area (Å²) in [6, 6.07) is 15.3. The maximum atomic E-state index is 12.1. The molecule has 0 saturated heterocycles. The molecule has 0 bridgehead atoms. The average molecular weight is 336 g/mol. The number of carbonyl (C=O) groups excluding carboxylic acids is 2. The van der Waals surface area contributed by atoms with E-state index in [-0.39, 0.29) is 0 Å². The second-order valence-corrected chi connectivity index (χ2v) is 5.32. The molecular formula is C19H20N4O2. The molecular weight excluding hydrogens is 316 g/mol. The van der Waals surface area contributed by atoms with E-state index in [1.807, 2.05) is 18.2 Å². The van der Waals surface area contributed by atoms with Gasteiger partial charge in [-0.1, -0.05) is 0 Å². The van der Waals surface area contributed by atoms with Crippen LogP contribution < -0.4 is 15.8 Å². The third kappa shape index (κ3) is 4.58. The first-order valence-electron chi connectivity index (χ1n) is 8.04. The van der Waals surface area contributed by atoms with E-state index in [9.17, 15) is 9.59 Å². The number of benzene rings is 2. The summed E-state index contributed by atoms with van der Waals surface area (Å²) in [5, 5.41) is 8.74. The van der Waals surface area contributed by atoms with Crippen LogP contribution in [-0.2, 0) is 0 Å². The third-order valence-corrected chi connectivity index (χ3v) is 3.82. The Labute approximate surface area is 147 Å². The molecule has 0 atom stereocenters. The number of nitrogens with zero attached hydrogens (tertiary/aromatic N) is 2. The van der Waals surface area contributed by atoms with Crippen molar-refractivity contribution in [2.45, 2.75) is 13.8 Å². The van der Waals surface area contributed by atoms with Gasteiger partial charge in [0.1, 0.15) is 0 Å². The van der Waals surface area contributed by atoms with E-state index in [1.165, 1.54) is 12.1 Å². The van der Waals surface area contributed by atoms with E-state index >= 15 is 0 Å². The minimum atomic E-state index is -0.447. The molecule has 0 aromatic heterocycles. The number of rotatable bonds is 5. The highest BCUT2D eigenvalue weighted by atomic mass is 16.2. The summed E-state index contributed by atoms with van der Waals surface area (Å²) in [6.07, 6.45) is 0. The minimum Gasteiger partial charge on any atom is -0.372 e. The van der Waals surface area contributed by atoms with Crippen molar-refractivity contribution in [1.82, 2.24) is 10.9 Å². The van der Waals surface area contributed by atoms with Gasteiger partial charge in [-0.05, 0) is 62.4 Å². The average Bonchev–Trinajstić information content (AvgIpc) is 2.67. The summed E-state index contributed by atoms with van der Waals surface area (Å²) in [6.45, 7) is 5.93. The molecule has 2 N–H and O–H groups in total. The minimum absolute atomic E-state index is 0.358. The fourth-order valence-corrected chi connectivity index (χ4v) is 2.37. The number of nitriles is 1. The molecule has 128 valence electrons. The van der Waals surface area contributed by atoms with Crippen LogP contribution in [0.4, 0.5) is 5.69 Å². The number of anilines is 1. The lowest BCUT2D eigenvalue weighted by Crippen LogP contribution is -2.41. The van der Waals surface area contributed by atoms with Crippen molar-refractivity contribution in [3.8, 4) is 6.07 Å². The Morgan fingerprint density at radius 1 is 0.880 bits per heavy atom. The fraction of sp³-hybridized carbons (Fsp3) is 0.211. The molecule has 2 aromatic carbocycles. The highest BCUT2D eigenvalue weighted by Crippen LogP contribution is 2.14. The summed E-state index contributed by atoms with van der Waals surface area (Å²) in [5.74, 6) is -0.842. The second-order valence-electron chi connectivity index (χ2n) is 5.32. The summed E-state index contributed by atoms with van der Waals surface area (Å²) in [4.78, 5) is 26.3. The van der Waals surface area contributed by atoms with E-state index in [0.29, 0.717) is 16.7 Å². The predicted octanol–water partition coefficient (Wildman–Crippen LogP) is 2.48. The number of nitrogens with one attached hydrogen (secondary N) is 2. The van der Waals surface area contributed by atoms with Gasteiger partial charge in [-0.3, -0.25) is 20.4 Å². The van der Waals surface area contributed by atoms with E-state index < -0.39 is 11.8 Å². The molecule has 0 saturated carbocycles. The molecule has 0 aliphatic heterocycles. The Morgan fingerprint density at radius 3 is 1.72 bits per heavy atom. The van der Waals surface area contributed by atoms with Crippen LogP contribution in [0.3, 0.4) is 0 Å². The van der Waals surface area contributed by atoms with E-state index in [2.05, 4.69) is 29.6 Å². The van der Waals surface area contributed by atoms with Crippen LogP contribution in [0.15, 0.2) is 48.5 Å². The molecule has 0 fully saturated rings. The smallest absolute Gasteiger partial charge is 0.269 e. The molecule has 0 aliphatic carbocycles. The molecule has 2 amide bonds. The Hall–Kier alpha value is -3.33. The first-order valence-corrected chi connectivity index (χ1v) is 8.04. The highest BCUT2D eigenvalue weighted by Gasteiger charge is 2.10. The van der Waals surface area contributed by atoms with Gasteiger partial charge in [0.2, 0.25) is 0 Å². The quantitative estimate of drug-likeness (QED) is 0.822. The molecule has 0 heterocycles. The molecule has 25 heavy (non-hydrogen) atoms. The van der Waals surface area contributed by atoms with Crippen molar-refractivity contribution in [3.63, 3.8) is 0 Å². The molecule has 0 spiro atoms. The van der Waals surface area contributed by atoms with Crippen molar-refractivity contribution in [3.05, 3.63) is 65.2 Å². The predicted molar refractivity (Wildman–Crippen MR) is 96.1 cm³/mol. The van der Waals surface area contributed by atoms with Crippen molar-refractivity contribution < 1.29 is 9.59 Å². The number of carbonyl (C=O) groups is 2. The molecule has 6 heteroatoms. The zero-order valence-corrected chi connectivity index (χ0v) is 14.2. The van der Waals surface area contributed by atoms with Gasteiger partial charge >= 0.3 is 0 Å². The number of hydrogen-bond acceptors (Lipinski definition) is 4. The molecule has 0 aliphatic rings. The first-order chi connectivity index (χ1) is 12.1. The Morgan fingerprint density at radius 2 is 1.32 bits per heavy atom. The van der Waals surface area contributed by atoms with Crippen molar-refractivity contribution >= 4 is 17.5 Å². The standard InChI is InChI=1S/C19H20N4O2/c1-3-23(4-2)17-11-9-16(10-12-17)19(25)22-21-18(24)15-7-5-14(13-20)6-8-15/h5-12H,3-4H2,1-2H3,(H,21,24)(H,22,25). The third-order valence-electron chi connectivity index (χ3n) is 3.82. The normalized spacial score (nSPS) is 9.80. The van der Waals surface area contributed by atoms with Crippen molar-refractivity contribution in [1.29, 1.82) is 5.26 Å². The number of amides is 2. The summed E-state index contributed by atoms with van der Waals surface area (Å²) >= 11 is 0. The van der Waals surface area contributed by atoms with Gasteiger partial charge in [-0.25, -0.2) is 0 Å². The van der Waals surface area contributed by atoms with Crippen LogP contribution in [0.1, 0.15) is 40.1 Å². The number of hydrazine groups is 1. The van der Waals surface area contributed by atoms with Crippen LogP contribution in [-0.4, -0.2) is 24.9 Å². The number of hydrogen-bond donors (Lipinski definition) is 2.